The molecule has 0 spiro atoms. The first kappa shape index (κ1) is 22.8. The van der Waals surface area contributed by atoms with Crippen LogP contribution >= 0.6 is 0 Å². The molecule has 1 aliphatic rings. The van der Waals surface area contributed by atoms with E-state index < -0.39 is 5.92 Å². The van der Waals surface area contributed by atoms with E-state index in [2.05, 4.69) is 0 Å². The monoisotopic (exact) mass is 426 g/mol. The first-order valence-corrected chi connectivity index (χ1v) is 10.5. The summed E-state index contributed by atoms with van der Waals surface area (Å²) >= 11 is 0. The lowest BCUT2D eigenvalue weighted by Crippen LogP contribution is -2.31. The topological polar surface area (TPSA) is 38.7 Å². The maximum Gasteiger partial charge on any atom is 0.250 e. The number of phenolic OH excluding ortho intramolecular Hbond substituents is 1. The minimum absolute atomic E-state index is 0.0121. The van der Waals surface area contributed by atoms with Crippen molar-refractivity contribution in [1.29, 1.82) is 0 Å². The Morgan fingerprint density at radius 1 is 0.806 bits per heavy atom. The van der Waals surface area contributed by atoms with Crippen molar-refractivity contribution < 1.29 is 23.4 Å². The third-order valence-corrected chi connectivity index (χ3v) is 5.01. The fourth-order valence-corrected chi connectivity index (χ4v) is 3.34. The maximum absolute atomic E-state index is 13.1. The molecule has 3 aromatic carbocycles. The highest BCUT2D eigenvalue weighted by Gasteiger charge is 2.36. The van der Waals surface area contributed by atoms with Gasteiger partial charge in [0, 0.05) is 12.8 Å². The highest BCUT2D eigenvalue weighted by molar-refractivity contribution is 5.30. The number of halogens is 2. The Morgan fingerprint density at radius 3 is 1.97 bits per heavy atom. The highest BCUT2D eigenvalue weighted by atomic mass is 19.3. The first-order valence-electron chi connectivity index (χ1n) is 10.5. The van der Waals surface area contributed by atoms with E-state index in [0.29, 0.717) is 19.6 Å². The van der Waals surface area contributed by atoms with Crippen molar-refractivity contribution in [1.82, 2.24) is 0 Å². The molecule has 0 bridgehead atoms. The standard InChI is InChI=1S/C13H16F2O.C13H12O2/c14-13(15)8-4-7-12(9-13)16-10-11-5-2-1-3-6-11;14-12-6-8-13(9-7-12)15-10-11-4-2-1-3-5-11/h1-3,5-6,12H,4,7-10H2;1-9,14H,10H2. The molecule has 4 rings (SSSR count). The van der Waals surface area contributed by atoms with E-state index in [0.717, 1.165) is 23.3 Å². The fourth-order valence-electron chi connectivity index (χ4n) is 3.34. The zero-order valence-electron chi connectivity index (χ0n) is 17.4. The maximum atomic E-state index is 13.1. The van der Waals surface area contributed by atoms with Crippen molar-refractivity contribution in [3.05, 3.63) is 96.1 Å². The molecule has 1 atom stereocenters. The molecule has 0 amide bonds. The molecule has 31 heavy (non-hydrogen) atoms. The molecule has 3 nitrogen and oxygen atoms in total. The average molecular weight is 427 g/mol. The summed E-state index contributed by atoms with van der Waals surface area (Å²) in [6.07, 6.45) is 0.913. The molecule has 3 aromatic rings. The summed E-state index contributed by atoms with van der Waals surface area (Å²) in [7, 11) is 0. The lowest BCUT2D eigenvalue weighted by atomic mass is 9.94. The predicted octanol–water partition coefficient (Wildman–Crippen LogP) is 6.75. The van der Waals surface area contributed by atoms with Gasteiger partial charge in [-0.25, -0.2) is 8.78 Å². The molecule has 0 aromatic heterocycles. The number of hydrogen-bond donors (Lipinski definition) is 1. The van der Waals surface area contributed by atoms with Gasteiger partial charge < -0.3 is 14.6 Å². The van der Waals surface area contributed by atoms with Crippen LogP contribution in [0, 0.1) is 0 Å². The second kappa shape index (κ2) is 11.5. The van der Waals surface area contributed by atoms with Gasteiger partial charge in [-0.1, -0.05) is 60.7 Å². The highest BCUT2D eigenvalue weighted by Crippen LogP contribution is 2.34. The lowest BCUT2D eigenvalue weighted by Gasteiger charge is -2.28. The van der Waals surface area contributed by atoms with Gasteiger partial charge in [0.2, 0.25) is 0 Å². The van der Waals surface area contributed by atoms with Crippen LogP contribution in [0.4, 0.5) is 8.78 Å². The van der Waals surface area contributed by atoms with Gasteiger partial charge in [0.05, 0.1) is 12.7 Å². The number of phenols is 1. The summed E-state index contributed by atoms with van der Waals surface area (Å²) in [6, 6.07) is 26.4. The van der Waals surface area contributed by atoms with Crippen LogP contribution in [0.5, 0.6) is 11.5 Å². The molecule has 0 heterocycles. The first-order chi connectivity index (χ1) is 15.0. The van der Waals surface area contributed by atoms with E-state index >= 15 is 0 Å². The van der Waals surface area contributed by atoms with E-state index in [-0.39, 0.29) is 24.7 Å². The smallest absolute Gasteiger partial charge is 0.250 e. The van der Waals surface area contributed by atoms with Gasteiger partial charge in [0.15, 0.2) is 0 Å². The fraction of sp³-hybridized carbons (Fsp3) is 0.308. The van der Waals surface area contributed by atoms with Crippen LogP contribution < -0.4 is 4.74 Å². The minimum atomic E-state index is -2.53. The van der Waals surface area contributed by atoms with Gasteiger partial charge >= 0.3 is 0 Å². The van der Waals surface area contributed by atoms with Crippen LogP contribution in [0.3, 0.4) is 0 Å². The van der Waals surface area contributed by atoms with Crippen LogP contribution in [0.15, 0.2) is 84.9 Å². The van der Waals surface area contributed by atoms with Crippen molar-refractivity contribution in [2.75, 3.05) is 0 Å². The Kier molecular flexibility index (Phi) is 8.42. The van der Waals surface area contributed by atoms with Gasteiger partial charge in [0.1, 0.15) is 18.1 Å². The third kappa shape index (κ3) is 8.38. The van der Waals surface area contributed by atoms with Crippen LogP contribution in [0.25, 0.3) is 0 Å². The van der Waals surface area contributed by atoms with Gasteiger partial charge in [-0.3, -0.25) is 0 Å². The van der Waals surface area contributed by atoms with E-state index in [1.54, 1.807) is 24.3 Å². The van der Waals surface area contributed by atoms with Crippen LogP contribution in [0.1, 0.15) is 36.8 Å². The quantitative estimate of drug-likeness (QED) is 0.474. The van der Waals surface area contributed by atoms with Gasteiger partial charge in [0.25, 0.3) is 5.92 Å². The number of benzene rings is 3. The normalized spacial score (nSPS) is 17.3. The molecule has 1 fully saturated rings. The van der Waals surface area contributed by atoms with Crippen molar-refractivity contribution in [3.8, 4) is 11.5 Å². The summed E-state index contributed by atoms with van der Waals surface area (Å²) < 4.78 is 37.3. The molecule has 1 unspecified atom stereocenters. The Morgan fingerprint density at radius 2 is 1.39 bits per heavy atom. The van der Waals surface area contributed by atoms with Crippen molar-refractivity contribution >= 4 is 0 Å². The summed E-state index contributed by atoms with van der Waals surface area (Å²) in [5.74, 6) is -1.52. The van der Waals surface area contributed by atoms with E-state index in [1.165, 1.54) is 0 Å². The molecular weight excluding hydrogens is 398 g/mol. The second-order valence-electron chi connectivity index (χ2n) is 7.64. The summed E-state index contributed by atoms with van der Waals surface area (Å²) in [4.78, 5) is 0. The van der Waals surface area contributed by atoms with E-state index in [1.807, 2.05) is 60.7 Å². The second-order valence-corrected chi connectivity index (χ2v) is 7.64. The largest absolute Gasteiger partial charge is 0.508 e. The molecular formula is C26H28F2O3. The molecule has 5 heteroatoms. The summed E-state index contributed by atoms with van der Waals surface area (Å²) in [5.41, 5.74) is 2.17. The van der Waals surface area contributed by atoms with Gasteiger partial charge in [-0.05, 0) is 48.2 Å². The van der Waals surface area contributed by atoms with Crippen molar-refractivity contribution in [2.45, 2.75) is 50.9 Å². The Hall–Kier alpha value is -2.92. The van der Waals surface area contributed by atoms with E-state index in [9.17, 15) is 8.78 Å². The number of alkyl halides is 2. The third-order valence-electron chi connectivity index (χ3n) is 5.01. The minimum Gasteiger partial charge on any atom is -0.508 e. The molecule has 1 aliphatic carbocycles. The summed E-state index contributed by atoms with van der Waals surface area (Å²) in [6.45, 7) is 0.979. The number of ether oxygens (including phenoxy) is 2. The van der Waals surface area contributed by atoms with Gasteiger partial charge in [-0.15, -0.1) is 0 Å². The molecule has 0 aliphatic heterocycles. The number of hydrogen-bond acceptors (Lipinski definition) is 3. The Balaban J connectivity index is 0.000000176. The predicted molar refractivity (Wildman–Crippen MR) is 117 cm³/mol. The van der Waals surface area contributed by atoms with E-state index in [4.69, 9.17) is 14.6 Å². The summed E-state index contributed by atoms with van der Waals surface area (Å²) in [5, 5.41) is 9.09. The molecule has 0 radical (unpaired) electrons. The molecule has 0 saturated heterocycles. The van der Waals surface area contributed by atoms with Crippen LogP contribution in [-0.4, -0.2) is 17.1 Å². The van der Waals surface area contributed by atoms with Crippen molar-refractivity contribution in [3.63, 3.8) is 0 Å². The molecule has 1 N–H and O–H groups in total. The van der Waals surface area contributed by atoms with Crippen molar-refractivity contribution in [2.24, 2.45) is 0 Å². The SMILES string of the molecule is FC1(F)CCCC(OCc2ccccc2)C1.Oc1ccc(OCc2ccccc2)cc1. The Labute approximate surface area is 182 Å². The molecule has 1 saturated carbocycles. The Bertz CT molecular complexity index is 884. The lowest BCUT2D eigenvalue weighted by molar-refractivity contribution is -0.100. The zero-order valence-corrected chi connectivity index (χ0v) is 17.4. The van der Waals surface area contributed by atoms with Crippen LogP contribution in [-0.2, 0) is 18.0 Å². The van der Waals surface area contributed by atoms with Gasteiger partial charge in [-0.2, -0.15) is 0 Å². The zero-order chi connectivity index (χ0) is 21.9. The number of aromatic hydroxyl groups is 1. The average Bonchev–Trinajstić information content (AvgIpc) is 2.79. The number of rotatable bonds is 6. The van der Waals surface area contributed by atoms with Crippen LogP contribution in [0.2, 0.25) is 0 Å². The molecule has 164 valence electrons.